The number of hydrogen-bond acceptors (Lipinski definition) is 4. The molecule has 1 heterocycles. The third-order valence-electron chi connectivity index (χ3n) is 1.67. The largest absolute Gasteiger partial charge is 0.408 e. The summed E-state index contributed by atoms with van der Waals surface area (Å²) < 4.78 is 1.26. The third kappa shape index (κ3) is 1.08. The summed E-state index contributed by atoms with van der Waals surface area (Å²) in [5.41, 5.74) is 6.77. The molecule has 0 saturated carbocycles. The minimum absolute atomic E-state index is 0.103. The van der Waals surface area contributed by atoms with Crippen LogP contribution in [0.4, 0.5) is 0 Å². The summed E-state index contributed by atoms with van der Waals surface area (Å²) in [6, 6.07) is 7.25. The van der Waals surface area contributed by atoms with Gasteiger partial charge in [0.25, 0.3) is 5.96 Å². The van der Waals surface area contributed by atoms with E-state index in [0.717, 1.165) is 0 Å². The first-order valence-electron chi connectivity index (χ1n) is 3.61. The Morgan fingerprint density at radius 2 is 2.23 bits per heavy atom. The number of benzene rings is 1. The van der Waals surface area contributed by atoms with Gasteiger partial charge in [0, 0.05) is 0 Å². The standard InChI is InChI=1S/C7H7N5O/c8-7(10-13)12-6-4-2-1-3-5(6)9-11-12/h1-4,13H,(H2,8,10). The van der Waals surface area contributed by atoms with Gasteiger partial charge < -0.3 is 10.9 Å². The molecule has 0 fully saturated rings. The second-order valence-electron chi connectivity index (χ2n) is 2.45. The van der Waals surface area contributed by atoms with Crippen molar-refractivity contribution in [1.29, 1.82) is 0 Å². The molecule has 2 aromatic rings. The second kappa shape index (κ2) is 2.74. The van der Waals surface area contributed by atoms with E-state index in [0.29, 0.717) is 11.0 Å². The Morgan fingerprint density at radius 1 is 1.46 bits per heavy atom. The van der Waals surface area contributed by atoms with Crippen molar-refractivity contribution in [3.63, 3.8) is 0 Å². The van der Waals surface area contributed by atoms with Crippen LogP contribution < -0.4 is 5.73 Å². The molecule has 3 N–H and O–H groups in total. The van der Waals surface area contributed by atoms with Gasteiger partial charge in [0.2, 0.25) is 0 Å². The topological polar surface area (TPSA) is 89.3 Å². The van der Waals surface area contributed by atoms with Crippen molar-refractivity contribution in [2.75, 3.05) is 0 Å². The van der Waals surface area contributed by atoms with Crippen molar-refractivity contribution in [1.82, 2.24) is 15.0 Å². The lowest BCUT2D eigenvalue weighted by molar-refractivity contribution is 0.315. The summed E-state index contributed by atoms with van der Waals surface area (Å²) in [6.45, 7) is 0. The maximum absolute atomic E-state index is 8.44. The first-order chi connectivity index (χ1) is 6.33. The molecule has 6 nitrogen and oxygen atoms in total. The van der Waals surface area contributed by atoms with Crippen molar-refractivity contribution in [3.8, 4) is 0 Å². The molecule has 0 amide bonds. The SMILES string of the molecule is N/C(=N\O)n1nnc2ccccc21. The van der Waals surface area contributed by atoms with Crippen molar-refractivity contribution in [2.24, 2.45) is 10.9 Å². The van der Waals surface area contributed by atoms with E-state index in [1.54, 1.807) is 12.1 Å². The molecule has 2 rings (SSSR count). The molecule has 0 aliphatic carbocycles. The van der Waals surface area contributed by atoms with Crippen LogP contribution >= 0.6 is 0 Å². The highest BCUT2D eigenvalue weighted by Crippen LogP contribution is 2.08. The highest BCUT2D eigenvalue weighted by Gasteiger charge is 2.05. The first-order valence-corrected chi connectivity index (χ1v) is 3.61. The molecular weight excluding hydrogens is 170 g/mol. The van der Waals surface area contributed by atoms with Gasteiger partial charge >= 0.3 is 0 Å². The van der Waals surface area contributed by atoms with Crippen LogP contribution in [0.25, 0.3) is 11.0 Å². The zero-order valence-electron chi connectivity index (χ0n) is 6.62. The van der Waals surface area contributed by atoms with Crippen molar-refractivity contribution >= 4 is 17.0 Å². The van der Waals surface area contributed by atoms with Gasteiger partial charge in [-0.1, -0.05) is 17.3 Å². The van der Waals surface area contributed by atoms with E-state index in [2.05, 4.69) is 15.5 Å². The van der Waals surface area contributed by atoms with Crippen molar-refractivity contribution in [2.45, 2.75) is 0 Å². The van der Waals surface area contributed by atoms with Crippen LogP contribution in [0.1, 0.15) is 0 Å². The summed E-state index contributed by atoms with van der Waals surface area (Å²) in [6.07, 6.45) is 0. The molecule has 1 aromatic carbocycles. The van der Waals surface area contributed by atoms with Crippen LogP contribution in [-0.4, -0.2) is 26.2 Å². The number of aromatic nitrogens is 3. The van der Waals surface area contributed by atoms with Gasteiger partial charge in [0.05, 0.1) is 5.52 Å². The van der Waals surface area contributed by atoms with Gasteiger partial charge in [-0.3, -0.25) is 0 Å². The van der Waals surface area contributed by atoms with Gasteiger partial charge in [-0.2, -0.15) is 4.68 Å². The van der Waals surface area contributed by atoms with E-state index < -0.39 is 0 Å². The minimum Gasteiger partial charge on any atom is -0.408 e. The highest BCUT2D eigenvalue weighted by atomic mass is 16.4. The van der Waals surface area contributed by atoms with E-state index in [-0.39, 0.29) is 5.96 Å². The molecule has 0 bridgehead atoms. The fraction of sp³-hybridized carbons (Fsp3) is 0. The molecule has 13 heavy (non-hydrogen) atoms. The number of oxime groups is 1. The normalized spacial score (nSPS) is 12.2. The maximum Gasteiger partial charge on any atom is 0.260 e. The Morgan fingerprint density at radius 3 is 3.00 bits per heavy atom. The first kappa shape index (κ1) is 7.53. The molecule has 0 atom stereocenters. The molecule has 6 heteroatoms. The number of rotatable bonds is 0. The molecule has 0 unspecified atom stereocenters. The number of para-hydroxylation sites is 1. The predicted octanol–water partition coefficient (Wildman–Crippen LogP) is -0.0167. The Bertz CT molecular complexity index is 461. The molecule has 0 saturated heterocycles. The number of hydrogen-bond donors (Lipinski definition) is 2. The second-order valence-corrected chi connectivity index (χ2v) is 2.45. The Hall–Kier alpha value is -2.11. The van der Waals surface area contributed by atoms with Crippen LogP contribution in [0.2, 0.25) is 0 Å². The van der Waals surface area contributed by atoms with Crippen molar-refractivity contribution in [3.05, 3.63) is 24.3 Å². The van der Waals surface area contributed by atoms with Crippen LogP contribution in [0.3, 0.4) is 0 Å². The third-order valence-corrected chi connectivity index (χ3v) is 1.67. The van der Waals surface area contributed by atoms with E-state index in [1.807, 2.05) is 12.1 Å². The Labute approximate surface area is 73.3 Å². The lowest BCUT2D eigenvalue weighted by Gasteiger charge is -1.96. The van der Waals surface area contributed by atoms with Crippen LogP contribution in [0, 0.1) is 0 Å². The average molecular weight is 177 g/mol. The van der Waals surface area contributed by atoms with Crippen LogP contribution in [0.5, 0.6) is 0 Å². The summed E-state index contributed by atoms with van der Waals surface area (Å²) in [5.74, 6) is -0.103. The van der Waals surface area contributed by atoms with Gasteiger partial charge in [-0.05, 0) is 17.3 Å². The smallest absolute Gasteiger partial charge is 0.260 e. The van der Waals surface area contributed by atoms with Crippen molar-refractivity contribution < 1.29 is 5.21 Å². The van der Waals surface area contributed by atoms with Crippen LogP contribution in [0.15, 0.2) is 29.4 Å². The summed E-state index contributed by atoms with van der Waals surface area (Å²) >= 11 is 0. The summed E-state index contributed by atoms with van der Waals surface area (Å²) in [7, 11) is 0. The molecular formula is C7H7N5O. The molecule has 0 radical (unpaired) electrons. The quantitative estimate of drug-likeness (QED) is 0.256. The monoisotopic (exact) mass is 177 g/mol. The van der Waals surface area contributed by atoms with E-state index in [4.69, 9.17) is 10.9 Å². The molecule has 0 aliphatic rings. The molecule has 0 aliphatic heterocycles. The van der Waals surface area contributed by atoms with Gasteiger partial charge in [-0.25, -0.2) is 0 Å². The molecule has 1 aromatic heterocycles. The fourth-order valence-corrected chi connectivity index (χ4v) is 1.08. The number of nitrogens with two attached hydrogens (primary N) is 1. The van der Waals surface area contributed by atoms with Gasteiger partial charge in [0.15, 0.2) is 0 Å². The van der Waals surface area contributed by atoms with Gasteiger partial charge in [0.1, 0.15) is 5.52 Å². The predicted molar refractivity (Wildman–Crippen MR) is 46.3 cm³/mol. The van der Waals surface area contributed by atoms with E-state index in [9.17, 15) is 0 Å². The maximum atomic E-state index is 8.44. The average Bonchev–Trinajstić information content (AvgIpc) is 2.60. The Balaban J connectivity index is 2.71. The van der Waals surface area contributed by atoms with Crippen LogP contribution in [-0.2, 0) is 0 Å². The van der Waals surface area contributed by atoms with Gasteiger partial charge in [-0.15, -0.1) is 5.10 Å². The highest BCUT2D eigenvalue weighted by molar-refractivity contribution is 5.89. The zero-order chi connectivity index (χ0) is 9.26. The lowest BCUT2D eigenvalue weighted by atomic mass is 10.3. The number of fused-ring (bicyclic) bond motifs is 1. The summed E-state index contributed by atoms with van der Waals surface area (Å²) in [4.78, 5) is 0. The zero-order valence-corrected chi connectivity index (χ0v) is 6.62. The number of nitrogens with zero attached hydrogens (tertiary/aromatic N) is 4. The Kier molecular flexibility index (Phi) is 1.59. The van der Waals surface area contributed by atoms with E-state index in [1.165, 1.54) is 4.68 Å². The fourth-order valence-electron chi connectivity index (χ4n) is 1.08. The lowest BCUT2D eigenvalue weighted by Crippen LogP contribution is -2.23. The minimum atomic E-state index is -0.103. The van der Waals surface area contributed by atoms with E-state index >= 15 is 0 Å². The molecule has 66 valence electrons. The molecule has 0 spiro atoms. The summed E-state index contributed by atoms with van der Waals surface area (Å²) in [5, 5.41) is 18.8.